The molecule has 0 aromatic heterocycles. The van der Waals surface area contributed by atoms with Crippen LogP contribution in [0.25, 0.3) is 0 Å². The Balaban J connectivity index is 2.26. The molecule has 0 radical (unpaired) electrons. The van der Waals surface area contributed by atoms with E-state index in [0.717, 1.165) is 89.9 Å². The molecule has 3 rings (SSSR count). The van der Waals surface area contributed by atoms with Gasteiger partial charge in [-0.05, 0) is 81.6 Å². The van der Waals surface area contributed by atoms with Crippen LogP contribution in [0.2, 0.25) is 0 Å². The Morgan fingerprint density at radius 3 is 1.13 bits per heavy atom. The van der Waals surface area contributed by atoms with Gasteiger partial charge in [-0.2, -0.15) is 0 Å². The SMILES string of the molecule is C=C(C)C(=O)OC(=O)C(=C(C(=O)C(=C)C)C1CCCCCCCCC1)C(C1CCCCCCCCC1)C1CCCCCCCCC1. The average Bonchev–Trinajstić information content (AvgIpc) is 3.05. The third-order valence-electron chi connectivity index (χ3n) is 11.3. The number of carbonyl (C=O) groups is 3. The molecular formula is C42H68O4. The minimum absolute atomic E-state index is 0.00801. The van der Waals surface area contributed by atoms with Crippen molar-refractivity contribution < 1.29 is 19.1 Å². The second-order valence-electron chi connectivity index (χ2n) is 15.3. The molecule has 0 spiro atoms. The van der Waals surface area contributed by atoms with Crippen LogP contribution in [0.5, 0.6) is 0 Å². The van der Waals surface area contributed by atoms with Gasteiger partial charge in [0, 0.05) is 16.7 Å². The predicted octanol–water partition coefficient (Wildman–Crippen LogP) is 12.1. The van der Waals surface area contributed by atoms with Crippen molar-refractivity contribution in [2.75, 3.05) is 0 Å². The molecule has 0 amide bonds. The maximum Gasteiger partial charge on any atom is 0.342 e. The first kappa shape index (κ1) is 38.5. The largest absolute Gasteiger partial charge is 0.386 e. The molecule has 260 valence electrons. The first-order valence-corrected chi connectivity index (χ1v) is 19.7. The molecule has 3 aliphatic rings. The monoisotopic (exact) mass is 637 g/mol. The fraction of sp³-hybridized carbons (Fsp3) is 0.786. The zero-order chi connectivity index (χ0) is 33.1. The molecule has 0 bridgehead atoms. The number of ether oxygens (including phenoxy) is 1. The highest BCUT2D eigenvalue weighted by atomic mass is 16.6. The fourth-order valence-electron chi connectivity index (χ4n) is 8.76. The van der Waals surface area contributed by atoms with E-state index in [2.05, 4.69) is 13.2 Å². The lowest BCUT2D eigenvalue weighted by Gasteiger charge is -2.38. The number of carbonyl (C=O) groups excluding carboxylic acids is 3. The normalized spacial score (nSPS) is 22.2. The highest BCUT2D eigenvalue weighted by Crippen LogP contribution is 2.45. The Morgan fingerprint density at radius 2 is 0.804 bits per heavy atom. The Morgan fingerprint density at radius 1 is 0.478 bits per heavy atom. The van der Waals surface area contributed by atoms with Crippen molar-refractivity contribution in [3.63, 3.8) is 0 Å². The van der Waals surface area contributed by atoms with Crippen LogP contribution < -0.4 is 0 Å². The van der Waals surface area contributed by atoms with Crippen molar-refractivity contribution in [2.24, 2.45) is 23.7 Å². The molecule has 0 aromatic carbocycles. The van der Waals surface area contributed by atoms with Gasteiger partial charge >= 0.3 is 11.9 Å². The molecule has 0 aliphatic heterocycles. The van der Waals surface area contributed by atoms with E-state index in [9.17, 15) is 14.4 Å². The van der Waals surface area contributed by atoms with E-state index in [0.29, 0.717) is 28.6 Å². The summed E-state index contributed by atoms with van der Waals surface area (Å²) in [5, 5.41) is 0. The van der Waals surface area contributed by atoms with Crippen LogP contribution in [0.3, 0.4) is 0 Å². The van der Waals surface area contributed by atoms with Crippen LogP contribution in [-0.4, -0.2) is 17.7 Å². The summed E-state index contributed by atoms with van der Waals surface area (Å²) >= 11 is 0. The van der Waals surface area contributed by atoms with Gasteiger partial charge in [-0.3, -0.25) is 4.79 Å². The summed E-state index contributed by atoms with van der Waals surface area (Å²) in [5.41, 5.74) is 1.92. The smallest absolute Gasteiger partial charge is 0.342 e. The van der Waals surface area contributed by atoms with Crippen molar-refractivity contribution in [1.82, 2.24) is 0 Å². The lowest BCUT2D eigenvalue weighted by molar-refractivity contribution is -0.155. The fourth-order valence-corrected chi connectivity index (χ4v) is 8.76. The first-order valence-electron chi connectivity index (χ1n) is 19.7. The highest BCUT2D eigenvalue weighted by molar-refractivity contribution is 6.13. The maximum atomic E-state index is 14.7. The number of ketones is 1. The molecule has 0 atom stereocenters. The zero-order valence-corrected chi connectivity index (χ0v) is 29.9. The molecule has 3 fully saturated rings. The predicted molar refractivity (Wildman–Crippen MR) is 191 cm³/mol. The number of Topliss-reactive ketones (excluding diaryl/α,β-unsaturated/α-hetero) is 1. The van der Waals surface area contributed by atoms with Gasteiger partial charge < -0.3 is 4.74 Å². The minimum Gasteiger partial charge on any atom is -0.386 e. The number of hydrogen-bond acceptors (Lipinski definition) is 4. The number of rotatable bonds is 8. The molecule has 0 N–H and O–H groups in total. The molecule has 46 heavy (non-hydrogen) atoms. The van der Waals surface area contributed by atoms with E-state index >= 15 is 0 Å². The van der Waals surface area contributed by atoms with Crippen LogP contribution in [0.15, 0.2) is 35.5 Å². The Hall–Kier alpha value is -1.97. The second-order valence-corrected chi connectivity index (χ2v) is 15.3. The molecule has 4 nitrogen and oxygen atoms in total. The second kappa shape index (κ2) is 21.8. The van der Waals surface area contributed by atoms with E-state index in [1.807, 2.05) is 0 Å². The molecular weight excluding hydrogens is 568 g/mol. The summed E-state index contributed by atoms with van der Waals surface area (Å²) in [6.45, 7) is 11.3. The standard InChI is InChI=1S/C42H68O4/c1-32(2)40(43)38(36-30-24-18-12-7-13-19-25-31-36)39(42(45)46-41(44)33(3)4)37(34-26-20-14-8-5-9-15-21-27-34)35-28-22-16-10-6-11-17-23-29-35/h34-37H,1,3,5-31H2,2,4H3. The van der Waals surface area contributed by atoms with Crippen molar-refractivity contribution in [2.45, 2.75) is 187 Å². The quantitative estimate of drug-likeness (QED) is 0.151. The lowest BCUT2D eigenvalue weighted by atomic mass is 9.66. The van der Waals surface area contributed by atoms with E-state index < -0.39 is 11.9 Å². The van der Waals surface area contributed by atoms with Gasteiger partial charge in [0.25, 0.3) is 0 Å². The number of allylic oxidation sites excluding steroid dienone is 2. The zero-order valence-electron chi connectivity index (χ0n) is 29.9. The summed E-state index contributed by atoms with van der Waals surface area (Å²) in [4.78, 5) is 42.2. The van der Waals surface area contributed by atoms with Crippen LogP contribution in [0.1, 0.15) is 187 Å². The molecule has 0 saturated heterocycles. The van der Waals surface area contributed by atoms with E-state index in [1.165, 1.54) is 83.5 Å². The Kier molecular flexibility index (Phi) is 18.2. The van der Waals surface area contributed by atoms with Gasteiger partial charge in [0.2, 0.25) is 0 Å². The Bertz CT molecular complexity index is 963. The van der Waals surface area contributed by atoms with Gasteiger partial charge in [-0.25, -0.2) is 9.59 Å². The molecule has 0 aromatic rings. The summed E-state index contributed by atoms with van der Waals surface area (Å²) in [5.74, 6) is -0.798. The first-order chi connectivity index (χ1) is 22.3. The average molecular weight is 637 g/mol. The summed E-state index contributed by atoms with van der Waals surface area (Å²) < 4.78 is 5.72. The third-order valence-corrected chi connectivity index (χ3v) is 11.3. The van der Waals surface area contributed by atoms with Crippen molar-refractivity contribution in [3.8, 4) is 0 Å². The van der Waals surface area contributed by atoms with Gasteiger partial charge in [-0.1, -0.05) is 148 Å². The lowest BCUT2D eigenvalue weighted by Crippen LogP contribution is -2.35. The topological polar surface area (TPSA) is 60.4 Å². The van der Waals surface area contributed by atoms with Gasteiger partial charge in [0.15, 0.2) is 5.78 Å². The van der Waals surface area contributed by atoms with Crippen LogP contribution in [0.4, 0.5) is 0 Å². The molecule has 0 heterocycles. The summed E-state index contributed by atoms with van der Waals surface area (Å²) in [7, 11) is 0. The molecule has 3 aliphatic carbocycles. The van der Waals surface area contributed by atoms with Crippen LogP contribution in [-0.2, 0) is 19.1 Å². The molecule has 3 saturated carbocycles. The van der Waals surface area contributed by atoms with Crippen LogP contribution in [0, 0.1) is 23.7 Å². The van der Waals surface area contributed by atoms with Crippen molar-refractivity contribution in [3.05, 3.63) is 35.5 Å². The maximum absolute atomic E-state index is 14.7. The molecule has 4 heteroatoms. The van der Waals surface area contributed by atoms with Crippen LogP contribution >= 0.6 is 0 Å². The minimum atomic E-state index is -0.675. The number of esters is 2. The Labute approximate surface area is 282 Å². The van der Waals surface area contributed by atoms with E-state index in [1.54, 1.807) is 13.8 Å². The van der Waals surface area contributed by atoms with Crippen molar-refractivity contribution >= 4 is 17.7 Å². The summed E-state index contributed by atoms with van der Waals surface area (Å²) in [6.07, 6.45) is 31.6. The van der Waals surface area contributed by atoms with Gasteiger partial charge in [-0.15, -0.1) is 0 Å². The number of hydrogen-bond donors (Lipinski definition) is 0. The highest BCUT2D eigenvalue weighted by Gasteiger charge is 2.41. The van der Waals surface area contributed by atoms with E-state index in [-0.39, 0.29) is 23.2 Å². The third kappa shape index (κ3) is 12.9. The van der Waals surface area contributed by atoms with E-state index in [4.69, 9.17) is 4.74 Å². The van der Waals surface area contributed by atoms with Gasteiger partial charge in [0.1, 0.15) is 0 Å². The van der Waals surface area contributed by atoms with Gasteiger partial charge in [0.05, 0.1) is 0 Å². The van der Waals surface area contributed by atoms with Crippen molar-refractivity contribution in [1.29, 1.82) is 0 Å². The summed E-state index contributed by atoms with van der Waals surface area (Å²) in [6, 6.07) is 0. The molecule has 0 unspecified atom stereocenters.